The third-order valence-electron chi connectivity index (χ3n) is 3.52. The molecule has 2 N–H and O–H groups in total. The van der Waals surface area contributed by atoms with Crippen LogP contribution in [0.1, 0.15) is 23.7 Å². The molecular formula is C19H20ClN3O4. The number of carbonyl (C=O) groups excluding carboxylic acids is 2. The van der Waals surface area contributed by atoms with Gasteiger partial charge in [-0.1, -0.05) is 17.7 Å². The number of ether oxygens (including phenoxy) is 2. The topological polar surface area (TPSA) is 89.0 Å². The number of benzene rings is 2. The van der Waals surface area contributed by atoms with Gasteiger partial charge in [-0.15, -0.1) is 0 Å². The highest BCUT2D eigenvalue weighted by atomic mass is 35.5. The summed E-state index contributed by atoms with van der Waals surface area (Å²) in [4.78, 5) is 24.2. The molecule has 0 radical (unpaired) electrons. The van der Waals surface area contributed by atoms with Crippen LogP contribution < -0.4 is 20.2 Å². The van der Waals surface area contributed by atoms with Gasteiger partial charge in [-0.2, -0.15) is 5.10 Å². The maximum atomic E-state index is 12.2. The summed E-state index contributed by atoms with van der Waals surface area (Å²) in [6.07, 6.45) is 0.0265. The molecule has 2 aromatic carbocycles. The Morgan fingerprint density at radius 1 is 1.07 bits per heavy atom. The number of carbonyl (C=O) groups is 2. The third kappa shape index (κ3) is 6.00. The summed E-state index contributed by atoms with van der Waals surface area (Å²) in [6, 6.07) is 11.6. The fourth-order valence-corrected chi connectivity index (χ4v) is 2.42. The summed E-state index contributed by atoms with van der Waals surface area (Å²) < 4.78 is 10.3. The molecule has 0 unspecified atom stereocenters. The molecular weight excluding hydrogens is 370 g/mol. The lowest BCUT2D eigenvalue weighted by Gasteiger charge is -2.09. The summed E-state index contributed by atoms with van der Waals surface area (Å²) >= 11 is 5.88. The predicted octanol–water partition coefficient (Wildman–Crippen LogP) is 3.49. The zero-order valence-corrected chi connectivity index (χ0v) is 16.0. The molecule has 0 aliphatic carbocycles. The molecule has 27 heavy (non-hydrogen) atoms. The minimum absolute atomic E-state index is 0.0265. The van der Waals surface area contributed by atoms with E-state index in [1.165, 1.54) is 14.2 Å². The van der Waals surface area contributed by atoms with Crippen molar-refractivity contribution < 1.29 is 19.1 Å². The lowest BCUT2D eigenvalue weighted by Crippen LogP contribution is -2.21. The number of hydrazone groups is 1. The SMILES string of the molecule is COc1ccc(C(=O)NN=C(C)CC(=O)Nc2cccc(Cl)c2)cc1OC. The van der Waals surface area contributed by atoms with Gasteiger partial charge in [-0.25, -0.2) is 5.43 Å². The molecule has 142 valence electrons. The lowest BCUT2D eigenvalue weighted by molar-refractivity contribution is -0.115. The average Bonchev–Trinajstić information content (AvgIpc) is 2.65. The van der Waals surface area contributed by atoms with E-state index in [1.54, 1.807) is 49.4 Å². The highest BCUT2D eigenvalue weighted by Gasteiger charge is 2.11. The van der Waals surface area contributed by atoms with Crippen molar-refractivity contribution in [2.75, 3.05) is 19.5 Å². The van der Waals surface area contributed by atoms with Crippen LogP contribution in [0, 0.1) is 0 Å². The molecule has 0 heterocycles. The van der Waals surface area contributed by atoms with Crippen molar-refractivity contribution in [1.29, 1.82) is 0 Å². The molecule has 7 nitrogen and oxygen atoms in total. The fraction of sp³-hybridized carbons (Fsp3) is 0.211. The maximum Gasteiger partial charge on any atom is 0.271 e. The van der Waals surface area contributed by atoms with Crippen molar-refractivity contribution in [2.45, 2.75) is 13.3 Å². The van der Waals surface area contributed by atoms with E-state index in [4.69, 9.17) is 21.1 Å². The monoisotopic (exact) mass is 389 g/mol. The summed E-state index contributed by atoms with van der Waals surface area (Å²) in [5.41, 5.74) is 3.81. The van der Waals surface area contributed by atoms with Crippen LogP contribution in [-0.2, 0) is 4.79 Å². The Balaban J connectivity index is 1.94. The zero-order valence-electron chi connectivity index (χ0n) is 15.2. The molecule has 2 aromatic rings. The minimum atomic E-state index is -0.425. The van der Waals surface area contributed by atoms with Gasteiger partial charge in [-0.05, 0) is 43.3 Å². The second-order valence-corrected chi connectivity index (χ2v) is 6.03. The second-order valence-electron chi connectivity index (χ2n) is 5.59. The fourth-order valence-electron chi connectivity index (χ4n) is 2.23. The standard InChI is InChI=1S/C19H20ClN3O4/c1-12(9-18(24)21-15-6-4-5-14(20)11-15)22-23-19(25)13-7-8-16(26-2)17(10-13)27-3/h4-8,10-11H,9H2,1-3H3,(H,21,24)(H,23,25). The van der Waals surface area contributed by atoms with Gasteiger partial charge in [0, 0.05) is 22.0 Å². The van der Waals surface area contributed by atoms with Gasteiger partial charge in [0.25, 0.3) is 5.91 Å². The van der Waals surface area contributed by atoms with Gasteiger partial charge in [0.1, 0.15) is 0 Å². The van der Waals surface area contributed by atoms with E-state index in [0.717, 1.165) is 0 Å². The van der Waals surface area contributed by atoms with E-state index >= 15 is 0 Å². The Kier molecular flexibility index (Phi) is 7.19. The van der Waals surface area contributed by atoms with E-state index in [-0.39, 0.29) is 12.3 Å². The molecule has 0 aromatic heterocycles. The van der Waals surface area contributed by atoms with Gasteiger partial charge in [-0.3, -0.25) is 9.59 Å². The van der Waals surface area contributed by atoms with Gasteiger partial charge >= 0.3 is 0 Å². The van der Waals surface area contributed by atoms with Gasteiger partial charge in [0.05, 0.1) is 20.6 Å². The molecule has 2 rings (SSSR count). The Bertz CT molecular complexity index is 868. The molecule has 0 atom stereocenters. The largest absolute Gasteiger partial charge is 0.493 e. The lowest BCUT2D eigenvalue weighted by atomic mass is 10.2. The molecule has 0 aliphatic rings. The van der Waals surface area contributed by atoms with Crippen molar-refractivity contribution in [3.63, 3.8) is 0 Å². The van der Waals surface area contributed by atoms with Crippen LogP contribution in [-0.4, -0.2) is 31.7 Å². The van der Waals surface area contributed by atoms with E-state index in [1.807, 2.05) is 0 Å². The maximum absolute atomic E-state index is 12.2. The normalized spacial score (nSPS) is 10.9. The Labute approximate surface area is 162 Å². The number of halogens is 1. The minimum Gasteiger partial charge on any atom is -0.493 e. The summed E-state index contributed by atoms with van der Waals surface area (Å²) in [7, 11) is 3.00. The number of rotatable bonds is 7. The number of anilines is 1. The van der Waals surface area contributed by atoms with Gasteiger partial charge < -0.3 is 14.8 Å². The predicted molar refractivity (Wildman–Crippen MR) is 105 cm³/mol. The highest BCUT2D eigenvalue weighted by molar-refractivity contribution is 6.30. The highest BCUT2D eigenvalue weighted by Crippen LogP contribution is 2.27. The smallest absolute Gasteiger partial charge is 0.271 e. The second kappa shape index (κ2) is 9.59. The number of methoxy groups -OCH3 is 2. The van der Waals surface area contributed by atoms with E-state index < -0.39 is 5.91 Å². The quantitative estimate of drug-likeness (QED) is 0.560. The Morgan fingerprint density at radius 2 is 1.81 bits per heavy atom. The number of hydrogen-bond acceptors (Lipinski definition) is 5. The summed E-state index contributed by atoms with van der Waals surface area (Å²) in [6.45, 7) is 1.65. The Morgan fingerprint density at radius 3 is 2.48 bits per heavy atom. The van der Waals surface area contributed by atoms with E-state index in [9.17, 15) is 9.59 Å². The Hall–Kier alpha value is -3.06. The van der Waals surface area contributed by atoms with Crippen LogP contribution in [0.25, 0.3) is 0 Å². The molecule has 8 heteroatoms. The first-order chi connectivity index (χ1) is 12.9. The van der Waals surface area contributed by atoms with E-state index in [0.29, 0.717) is 33.5 Å². The average molecular weight is 390 g/mol. The molecule has 2 amide bonds. The number of hydrogen-bond donors (Lipinski definition) is 2. The molecule has 0 saturated carbocycles. The van der Waals surface area contributed by atoms with Crippen molar-refractivity contribution in [2.24, 2.45) is 5.10 Å². The molecule has 0 fully saturated rings. The van der Waals surface area contributed by atoms with Crippen molar-refractivity contribution >= 4 is 34.8 Å². The van der Waals surface area contributed by atoms with Crippen LogP contribution >= 0.6 is 11.6 Å². The van der Waals surface area contributed by atoms with Crippen LogP contribution in [0.2, 0.25) is 5.02 Å². The van der Waals surface area contributed by atoms with Crippen LogP contribution in [0.5, 0.6) is 11.5 Å². The van der Waals surface area contributed by atoms with Crippen LogP contribution in [0.15, 0.2) is 47.6 Å². The number of nitrogens with zero attached hydrogens (tertiary/aromatic N) is 1. The molecule has 0 spiro atoms. The first-order valence-electron chi connectivity index (χ1n) is 8.04. The van der Waals surface area contributed by atoms with Crippen molar-refractivity contribution in [3.8, 4) is 11.5 Å². The van der Waals surface area contributed by atoms with Gasteiger partial charge in [0.15, 0.2) is 11.5 Å². The summed E-state index contributed by atoms with van der Waals surface area (Å²) in [5.74, 6) is 0.266. The first-order valence-corrected chi connectivity index (χ1v) is 8.41. The van der Waals surface area contributed by atoms with Crippen LogP contribution in [0.4, 0.5) is 5.69 Å². The van der Waals surface area contributed by atoms with Crippen LogP contribution in [0.3, 0.4) is 0 Å². The van der Waals surface area contributed by atoms with Crippen molar-refractivity contribution in [3.05, 3.63) is 53.1 Å². The zero-order chi connectivity index (χ0) is 19.8. The first kappa shape index (κ1) is 20.3. The number of amides is 2. The summed E-state index contributed by atoms with van der Waals surface area (Å²) in [5, 5.41) is 7.20. The molecule has 0 bridgehead atoms. The number of nitrogens with one attached hydrogen (secondary N) is 2. The third-order valence-corrected chi connectivity index (χ3v) is 3.75. The van der Waals surface area contributed by atoms with Crippen molar-refractivity contribution in [1.82, 2.24) is 5.43 Å². The molecule has 0 saturated heterocycles. The van der Waals surface area contributed by atoms with Gasteiger partial charge in [0.2, 0.25) is 5.91 Å². The molecule has 0 aliphatic heterocycles. The van der Waals surface area contributed by atoms with E-state index in [2.05, 4.69) is 15.8 Å².